The number of likely N-dealkylation sites (N-methyl/N-ethyl adjacent to an activating group) is 1. The summed E-state index contributed by atoms with van der Waals surface area (Å²) in [4.78, 5) is 14.3. The Bertz CT molecular complexity index is 1370. The average Bonchev–Trinajstić information content (AvgIpc) is 3.57. The second kappa shape index (κ2) is 8.69. The summed E-state index contributed by atoms with van der Waals surface area (Å²) in [5.41, 5.74) is 15.6. The number of likely N-dealkylation sites (tertiary alicyclic amines) is 1. The number of benzene rings is 1. The van der Waals surface area contributed by atoms with Gasteiger partial charge in [-0.05, 0) is 117 Å². The topological polar surface area (TPSA) is 57.8 Å². The van der Waals surface area contributed by atoms with Crippen molar-refractivity contribution in [3.8, 4) is 0 Å². The lowest BCUT2D eigenvalue weighted by molar-refractivity contribution is 0.201. The zero-order valence-corrected chi connectivity index (χ0v) is 22.0. The van der Waals surface area contributed by atoms with Crippen molar-refractivity contribution in [3.63, 3.8) is 0 Å². The summed E-state index contributed by atoms with van der Waals surface area (Å²) >= 11 is 0. The summed E-state index contributed by atoms with van der Waals surface area (Å²) in [7, 11) is 4.35. The summed E-state index contributed by atoms with van der Waals surface area (Å²) in [6, 6.07) is 5.83. The Morgan fingerprint density at radius 1 is 1.00 bits per heavy atom. The summed E-state index contributed by atoms with van der Waals surface area (Å²) in [6.45, 7) is 6.40. The van der Waals surface area contributed by atoms with Crippen LogP contribution in [-0.4, -0.2) is 60.8 Å². The molecule has 2 aromatic rings. The van der Waals surface area contributed by atoms with Gasteiger partial charge in [0.15, 0.2) is 0 Å². The first-order valence-corrected chi connectivity index (χ1v) is 13.8. The van der Waals surface area contributed by atoms with E-state index in [1.807, 2.05) is 6.20 Å². The van der Waals surface area contributed by atoms with E-state index < -0.39 is 0 Å². The Morgan fingerprint density at radius 3 is 2.57 bits per heavy atom. The molecule has 192 valence electrons. The molecule has 2 fully saturated rings. The maximum absolute atomic E-state index is 15.6. The molecule has 2 aliphatic carbocycles. The molecule has 6 heteroatoms. The zero-order valence-electron chi connectivity index (χ0n) is 22.0. The molecule has 2 N–H and O–H groups in total. The van der Waals surface area contributed by atoms with Gasteiger partial charge in [-0.25, -0.2) is 4.39 Å². The molecule has 0 bridgehead atoms. The number of aromatic nitrogens is 1. The van der Waals surface area contributed by atoms with Gasteiger partial charge in [0.1, 0.15) is 11.5 Å². The van der Waals surface area contributed by atoms with E-state index in [1.54, 1.807) is 6.07 Å². The van der Waals surface area contributed by atoms with E-state index in [1.165, 1.54) is 18.4 Å². The highest BCUT2D eigenvalue weighted by Crippen LogP contribution is 2.64. The van der Waals surface area contributed by atoms with E-state index >= 15 is 4.39 Å². The summed E-state index contributed by atoms with van der Waals surface area (Å²) in [6.07, 6.45) is 9.77. The van der Waals surface area contributed by atoms with Crippen LogP contribution in [0.2, 0.25) is 0 Å². The van der Waals surface area contributed by atoms with Crippen LogP contribution in [0.5, 0.6) is 0 Å². The Kier molecular flexibility index (Phi) is 5.50. The van der Waals surface area contributed by atoms with E-state index in [9.17, 15) is 0 Å². The van der Waals surface area contributed by atoms with Crippen LogP contribution in [0.4, 0.5) is 10.1 Å². The molecule has 1 aromatic heterocycles. The first-order valence-electron chi connectivity index (χ1n) is 13.8. The predicted molar refractivity (Wildman–Crippen MR) is 147 cm³/mol. The number of rotatable bonds is 3. The summed E-state index contributed by atoms with van der Waals surface area (Å²) in [5, 5.41) is 0. The van der Waals surface area contributed by atoms with Gasteiger partial charge in [0.05, 0.1) is 11.7 Å². The molecule has 2 unspecified atom stereocenters. The van der Waals surface area contributed by atoms with Crippen molar-refractivity contribution in [2.45, 2.75) is 38.1 Å². The number of nitrogens with zero attached hydrogens (tertiary/aromatic N) is 4. The van der Waals surface area contributed by atoms with Crippen LogP contribution in [0.3, 0.4) is 0 Å². The molecule has 3 aliphatic heterocycles. The number of piperidine rings is 1. The van der Waals surface area contributed by atoms with Gasteiger partial charge >= 0.3 is 0 Å². The van der Waals surface area contributed by atoms with Crippen molar-refractivity contribution in [2.75, 3.05) is 40.3 Å². The lowest BCUT2D eigenvalue weighted by atomic mass is 9.88. The van der Waals surface area contributed by atoms with E-state index in [4.69, 9.17) is 15.7 Å². The van der Waals surface area contributed by atoms with Gasteiger partial charge in [0, 0.05) is 36.5 Å². The maximum atomic E-state index is 15.6. The first kappa shape index (κ1) is 23.4. The fourth-order valence-electron chi connectivity index (χ4n) is 7.44. The number of fused-ring (bicyclic) bond motifs is 4. The number of hydrogen-bond donors (Lipinski definition) is 1. The number of nitrogens with two attached hydrogens (primary N) is 1. The van der Waals surface area contributed by atoms with Crippen LogP contribution >= 0.6 is 0 Å². The smallest absolute Gasteiger partial charge is 0.149 e. The van der Waals surface area contributed by atoms with Crippen LogP contribution in [-0.2, 0) is 0 Å². The molecule has 1 saturated carbocycles. The highest BCUT2D eigenvalue weighted by atomic mass is 19.1. The molecule has 1 aromatic carbocycles. The van der Waals surface area contributed by atoms with Crippen molar-refractivity contribution in [2.24, 2.45) is 28.5 Å². The minimum atomic E-state index is -0.273. The van der Waals surface area contributed by atoms with Gasteiger partial charge in [0.25, 0.3) is 0 Å². The Hall–Kier alpha value is -2.67. The second-order valence-electron chi connectivity index (χ2n) is 11.9. The normalized spacial score (nSPS) is 29.7. The van der Waals surface area contributed by atoms with E-state index in [-0.39, 0.29) is 11.9 Å². The fraction of sp³-hybridized carbons (Fsp3) is 0.484. The number of aliphatic imine (C=N–C) groups is 1. The standard InChI is InChI=1S/C31H36FN5/c1-17-27-28(19-6-10-37(3)11-7-19)29(27)24-12-20(14-25(32)30(24)35-17)22-15-26(33)31-23(22)13-21(16-34-31)18-4-8-36(2)9-5-18/h4,12-16,19,26-29H,5-11,33H2,1-3H3/t26-,27-,28?,29?/m0/s1. The number of hydrogen-bond acceptors (Lipinski definition) is 5. The minimum absolute atomic E-state index is 0.218. The lowest BCUT2D eigenvalue weighted by Gasteiger charge is -2.29. The van der Waals surface area contributed by atoms with Gasteiger partial charge in [-0.15, -0.1) is 0 Å². The second-order valence-corrected chi connectivity index (χ2v) is 11.9. The van der Waals surface area contributed by atoms with Crippen LogP contribution in [0, 0.1) is 23.6 Å². The van der Waals surface area contributed by atoms with Crippen LogP contribution in [0.15, 0.2) is 41.5 Å². The predicted octanol–water partition coefficient (Wildman–Crippen LogP) is 5.16. The molecule has 0 amide bonds. The molecule has 5 nitrogen and oxygen atoms in total. The lowest BCUT2D eigenvalue weighted by Crippen LogP contribution is -2.31. The highest BCUT2D eigenvalue weighted by Gasteiger charge is 2.58. The average molecular weight is 498 g/mol. The monoisotopic (exact) mass is 497 g/mol. The van der Waals surface area contributed by atoms with Crippen molar-refractivity contribution in [1.82, 2.24) is 14.8 Å². The third-order valence-electron chi connectivity index (χ3n) is 9.57. The van der Waals surface area contributed by atoms with Gasteiger partial charge in [-0.2, -0.15) is 0 Å². The minimum Gasteiger partial charge on any atom is -0.319 e. The van der Waals surface area contributed by atoms with Crippen molar-refractivity contribution in [1.29, 1.82) is 0 Å². The van der Waals surface area contributed by atoms with Crippen molar-refractivity contribution < 1.29 is 4.39 Å². The number of halogens is 1. The SMILES string of the molecule is CC1=Nc2c(F)cc(C3=C[C@H](N)c4ncc(C5=CCN(C)CC5)cc43)cc2C2C(C3CCN(C)CC3)[C@H]12. The molecule has 4 atom stereocenters. The van der Waals surface area contributed by atoms with Crippen LogP contribution in [0.1, 0.15) is 66.1 Å². The Morgan fingerprint density at radius 2 is 1.81 bits per heavy atom. The summed E-state index contributed by atoms with van der Waals surface area (Å²) in [5.74, 6) is 1.92. The van der Waals surface area contributed by atoms with Gasteiger partial charge in [0.2, 0.25) is 0 Å². The third kappa shape index (κ3) is 3.84. The Balaban J connectivity index is 1.25. The molecule has 5 aliphatic rings. The molecule has 7 rings (SSSR count). The third-order valence-corrected chi connectivity index (χ3v) is 9.57. The van der Waals surface area contributed by atoms with Crippen molar-refractivity contribution >= 4 is 22.5 Å². The van der Waals surface area contributed by atoms with Crippen molar-refractivity contribution in [3.05, 3.63) is 70.3 Å². The molecule has 37 heavy (non-hydrogen) atoms. The van der Waals surface area contributed by atoms with E-state index in [0.717, 1.165) is 71.8 Å². The van der Waals surface area contributed by atoms with E-state index in [0.29, 0.717) is 29.4 Å². The Labute approximate surface area is 219 Å². The molecular weight excluding hydrogens is 461 g/mol. The van der Waals surface area contributed by atoms with Gasteiger partial charge in [-0.1, -0.05) is 12.2 Å². The zero-order chi connectivity index (χ0) is 25.4. The maximum Gasteiger partial charge on any atom is 0.149 e. The first-order chi connectivity index (χ1) is 17.9. The fourth-order valence-corrected chi connectivity index (χ4v) is 7.44. The van der Waals surface area contributed by atoms with Gasteiger partial charge in [-0.3, -0.25) is 9.98 Å². The molecule has 1 saturated heterocycles. The molecule has 0 spiro atoms. The molecule has 0 radical (unpaired) electrons. The quantitative estimate of drug-likeness (QED) is 0.636. The van der Waals surface area contributed by atoms with Gasteiger partial charge < -0.3 is 15.5 Å². The number of pyridine rings is 1. The summed E-state index contributed by atoms with van der Waals surface area (Å²) < 4.78 is 15.6. The highest BCUT2D eigenvalue weighted by molar-refractivity contribution is 5.95. The molecule has 4 heterocycles. The van der Waals surface area contributed by atoms with E-state index in [2.05, 4.69) is 55.1 Å². The van der Waals surface area contributed by atoms with Crippen LogP contribution in [0.25, 0.3) is 11.1 Å². The molecular formula is C31H36FN5. The largest absolute Gasteiger partial charge is 0.319 e. The van der Waals surface area contributed by atoms with Crippen LogP contribution < -0.4 is 5.73 Å².